The number of carbonyl (C=O) groups excluding carboxylic acids is 2. The van der Waals surface area contributed by atoms with Crippen molar-refractivity contribution in [3.63, 3.8) is 0 Å². The number of aryl methyl sites for hydroxylation is 2. The van der Waals surface area contributed by atoms with E-state index in [1.165, 1.54) is 11.1 Å². The molecule has 4 nitrogen and oxygen atoms in total. The molecule has 0 aromatic heterocycles. The van der Waals surface area contributed by atoms with Gasteiger partial charge in [0.25, 0.3) is 0 Å². The molecule has 0 aliphatic heterocycles. The molecule has 5 rings (SSSR count). The molecule has 25 heteroatoms. The second-order valence-electron chi connectivity index (χ2n) is 11.7. The van der Waals surface area contributed by atoms with Crippen LogP contribution >= 0.6 is 0 Å². The molecule has 0 spiro atoms. The molecule has 0 saturated heterocycles. The van der Waals surface area contributed by atoms with Gasteiger partial charge < -0.3 is 10.2 Å². The van der Waals surface area contributed by atoms with Crippen molar-refractivity contribution < 1.29 is 125 Å². The van der Waals surface area contributed by atoms with Crippen LogP contribution in [0.1, 0.15) is 43.0 Å². The van der Waals surface area contributed by atoms with E-state index in [0.29, 0.717) is 0 Å². The topological polar surface area (TPSA) is 80.3 Å². The standard InChI is InChI=1S/2C15H2F10O2.C8H10.Cu/c2*16-6-4(7(17)11(21)14(24)10(6)20)2(26)1-3(27)5-8(18)12(22)15(25)13(23)9(5)19;1-7-3-5-8(2)6-4-7;/h2*1,26H;3-6H,1-2H3;/q;;;+2/p-2/b2*2-1-;;. The molecule has 5 aromatic carbocycles. The van der Waals surface area contributed by atoms with Gasteiger partial charge in [-0.25, -0.2) is 87.8 Å². The second-order valence-corrected chi connectivity index (χ2v) is 11.7. The Labute approximate surface area is 347 Å². The maximum Gasteiger partial charge on any atom is 2.00 e. The third kappa shape index (κ3) is 10.5. The third-order valence-corrected chi connectivity index (χ3v) is 7.57. The number of rotatable bonds is 6. The average Bonchev–Trinajstić information content (AvgIpc) is 3.22. The first-order chi connectivity index (χ1) is 28.6. The Bertz CT molecular complexity index is 2420. The average molecular weight is 976 g/mol. The van der Waals surface area contributed by atoms with E-state index in [1.54, 1.807) is 0 Å². The minimum atomic E-state index is -2.64. The van der Waals surface area contributed by atoms with Gasteiger partial charge in [0.1, 0.15) is 0 Å². The van der Waals surface area contributed by atoms with Crippen molar-refractivity contribution in [2.24, 2.45) is 0 Å². The van der Waals surface area contributed by atoms with E-state index < -0.39 is 174 Å². The zero-order valence-corrected chi connectivity index (χ0v) is 30.9. The van der Waals surface area contributed by atoms with Gasteiger partial charge in [-0.05, 0) is 26.0 Å². The van der Waals surface area contributed by atoms with Crippen molar-refractivity contribution in [2.75, 3.05) is 0 Å². The van der Waals surface area contributed by atoms with E-state index in [9.17, 15) is 108 Å². The molecule has 339 valence electrons. The van der Waals surface area contributed by atoms with Crippen LogP contribution in [0.3, 0.4) is 0 Å². The molecule has 0 aliphatic rings. The number of carbonyl (C=O) groups is 2. The van der Waals surface area contributed by atoms with E-state index in [1.807, 2.05) is 0 Å². The van der Waals surface area contributed by atoms with Crippen molar-refractivity contribution in [2.45, 2.75) is 13.8 Å². The fraction of sp³-hybridized carbons (Fsp3) is 0.0526. The van der Waals surface area contributed by atoms with Crippen LogP contribution in [0.4, 0.5) is 87.8 Å². The molecule has 0 amide bonds. The van der Waals surface area contributed by atoms with Crippen LogP contribution in [-0.4, -0.2) is 11.6 Å². The largest absolute Gasteiger partial charge is 2.00 e. The molecule has 0 heterocycles. The van der Waals surface area contributed by atoms with Crippen LogP contribution in [-0.2, 0) is 17.1 Å². The molecular formula is C38H12CuF20O4. The Morgan fingerprint density at radius 1 is 0.317 bits per heavy atom. The fourth-order valence-electron chi connectivity index (χ4n) is 4.45. The van der Waals surface area contributed by atoms with Crippen molar-refractivity contribution in [3.8, 4) is 0 Å². The molecule has 0 N–H and O–H groups in total. The van der Waals surface area contributed by atoms with Crippen LogP contribution in [0.25, 0.3) is 11.5 Å². The predicted octanol–water partition coefficient (Wildman–Crippen LogP) is 9.62. The Morgan fingerprint density at radius 2 is 0.460 bits per heavy atom. The fourth-order valence-corrected chi connectivity index (χ4v) is 4.45. The Balaban J connectivity index is 0.000000363. The van der Waals surface area contributed by atoms with E-state index in [4.69, 9.17) is 0 Å². The molecule has 5 aromatic rings. The van der Waals surface area contributed by atoms with Crippen LogP contribution in [0.5, 0.6) is 0 Å². The van der Waals surface area contributed by atoms with Gasteiger partial charge >= 0.3 is 17.1 Å². The third-order valence-electron chi connectivity index (χ3n) is 7.57. The molecule has 63 heavy (non-hydrogen) atoms. The Hall–Kier alpha value is -6.36. The summed E-state index contributed by atoms with van der Waals surface area (Å²) in [6, 6.07) is 8.48. The van der Waals surface area contributed by atoms with Crippen molar-refractivity contribution in [1.29, 1.82) is 0 Å². The SMILES string of the molecule is Cc1ccc(C)cc1.O=C(/C=C(\[O-])c1c(F)c(F)c(F)c(F)c1F)c1c(F)c(F)c(F)c(F)c1F.O=C(/C=C(\[O-])c1c(F)c(F)c(F)c(F)c1F)c1c(F)c(F)c(F)c(F)c1F.[Cu+2]. The van der Waals surface area contributed by atoms with Crippen LogP contribution in [0.15, 0.2) is 36.4 Å². The summed E-state index contributed by atoms with van der Waals surface area (Å²) in [7, 11) is 0. The van der Waals surface area contributed by atoms with Gasteiger partial charge in [0.05, 0.1) is 11.1 Å². The van der Waals surface area contributed by atoms with E-state index in [2.05, 4.69) is 38.1 Å². The molecule has 0 bridgehead atoms. The minimum Gasteiger partial charge on any atom is -0.872 e. The Morgan fingerprint density at radius 3 is 0.635 bits per heavy atom. The summed E-state index contributed by atoms with van der Waals surface area (Å²) in [5, 5.41) is 23.3. The van der Waals surface area contributed by atoms with Crippen molar-refractivity contribution in [3.05, 3.63) is 186 Å². The summed E-state index contributed by atoms with van der Waals surface area (Å²) >= 11 is 0. The normalized spacial score (nSPS) is 11.3. The molecule has 0 saturated carbocycles. The van der Waals surface area contributed by atoms with E-state index >= 15 is 0 Å². The van der Waals surface area contributed by atoms with Gasteiger partial charge in [-0.15, -0.1) is 0 Å². The second kappa shape index (κ2) is 20.7. The van der Waals surface area contributed by atoms with Crippen molar-refractivity contribution in [1.82, 2.24) is 0 Å². The van der Waals surface area contributed by atoms with Gasteiger partial charge in [0.2, 0.25) is 23.3 Å². The van der Waals surface area contributed by atoms with Crippen LogP contribution < -0.4 is 10.2 Å². The minimum absolute atomic E-state index is 0. The smallest absolute Gasteiger partial charge is 0.872 e. The van der Waals surface area contributed by atoms with Gasteiger partial charge in [-0.2, -0.15) is 0 Å². The monoisotopic (exact) mass is 975 g/mol. The molecule has 1 radical (unpaired) electrons. The van der Waals surface area contributed by atoms with Crippen LogP contribution in [0, 0.1) is 130 Å². The number of hydrogen-bond donors (Lipinski definition) is 0. The van der Waals surface area contributed by atoms with E-state index in [0.717, 1.165) is 0 Å². The summed E-state index contributed by atoms with van der Waals surface area (Å²) in [4.78, 5) is 23.3. The molecular weight excluding hydrogens is 964 g/mol. The first kappa shape index (κ1) is 52.8. The predicted molar refractivity (Wildman–Crippen MR) is 165 cm³/mol. The van der Waals surface area contributed by atoms with Crippen molar-refractivity contribution >= 4 is 23.1 Å². The zero-order valence-electron chi connectivity index (χ0n) is 30.0. The number of allylic oxidation sites excluding steroid dienone is 2. The maximum absolute atomic E-state index is 13.5. The zero-order chi connectivity index (χ0) is 47.6. The van der Waals surface area contributed by atoms with Gasteiger partial charge in [0.15, 0.2) is 105 Å². The van der Waals surface area contributed by atoms with Gasteiger partial charge in [0, 0.05) is 11.1 Å². The first-order valence-electron chi connectivity index (χ1n) is 15.6. The number of benzene rings is 5. The molecule has 0 atom stereocenters. The Kier molecular flexibility index (Phi) is 17.3. The summed E-state index contributed by atoms with van der Waals surface area (Å²) in [5.41, 5.74) is -5.99. The quantitative estimate of drug-likeness (QED) is 0.0323. The van der Waals surface area contributed by atoms with E-state index in [-0.39, 0.29) is 17.1 Å². The van der Waals surface area contributed by atoms with Gasteiger partial charge in [-0.3, -0.25) is 9.59 Å². The summed E-state index contributed by atoms with van der Waals surface area (Å²) in [6.45, 7) is 4.19. The molecule has 0 aliphatic carbocycles. The molecule has 0 unspecified atom stereocenters. The number of halogens is 20. The first-order valence-corrected chi connectivity index (χ1v) is 15.6. The van der Waals surface area contributed by atoms with Crippen LogP contribution in [0.2, 0.25) is 0 Å². The summed E-state index contributed by atoms with van der Waals surface area (Å²) < 4.78 is 263. The summed E-state index contributed by atoms with van der Waals surface area (Å²) in [6.07, 6.45) is -1.17. The summed E-state index contributed by atoms with van der Waals surface area (Å²) in [5.74, 6) is -61.4. The maximum atomic E-state index is 13.5. The van der Waals surface area contributed by atoms with Gasteiger partial charge in [-0.1, -0.05) is 46.9 Å². The number of hydrogen-bond acceptors (Lipinski definition) is 4. The molecule has 0 fully saturated rings. The number of ketones is 2.